The maximum Gasteiger partial charge on any atom is 0.328 e. The minimum Gasteiger partial charge on any atom is -0.478 e. The van der Waals surface area contributed by atoms with E-state index < -0.39 is 17.6 Å². The highest BCUT2D eigenvalue weighted by Gasteiger charge is 2.09. The Morgan fingerprint density at radius 2 is 2.00 bits per heavy atom. The van der Waals surface area contributed by atoms with E-state index in [2.05, 4.69) is 0 Å². The highest BCUT2D eigenvalue weighted by Crippen LogP contribution is 2.17. The van der Waals surface area contributed by atoms with Gasteiger partial charge in [-0.3, -0.25) is 4.79 Å². The first kappa shape index (κ1) is 14.6. The third-order valence-corrected chi connectivity index (χ3v) is 2.85. The molecule has 4 nitrogen and oxygen atoms in total. The van der Waals surface area contributed by atoms with E-state index in [0.29, 0.717) is 5.69 Å². The van der Waals surface area contributed by atoms with Gasteiger partial charge in [-0.2, -0.15) is 0 Å². The predicted molar refractivity (Wildman–Crippen MR) is 73.4 cm³/mol. The van der Waals surface area contributed by atoms with Crippen LogP contribution in [0, 0.1) is 18.6 Å². The Morgan fingerprint density at radius 3 is 2.62 bits per heavy atom. The summed E-state index contributed by atoms with van der Waals surface area (Å²) in [5.74, 6) is -2.69. The number of halogens is 2. The summed E-state index contributed by atoms with van der Waals surface area (Å²) in [6.45, 7) is 1.59. The van der Waals surface area contributed by atoms with Crippen LogP contribution in [0.3, 0.4) is 0 Å². The van der Waals surface area contributed by atoms with Gasteiger partial charge >= 0.3 is 5.97 Å². The van der Waals surface area contributed by atoms with Gasteiger partial charge in [0, 0.05) is 35.7 Å². The van der Waals surface area contributed by atoms with Crippen molar-refractivity contribution in [2.45, 2.75) is 6.92 Å². The number of aromatic nitrogens is 1. The summed E-state index contributed by atoms with van der Waals surface area (Å²) >= 11 is 0. The molecule has 0 aliphatic rings. The zero-order valence-electron chi connectivity index (χ0n) is 11.0. The first-order chi connectivity index (χ1) is 9.88. The van der Waals surface area contributed by atoms with E-state index in [1.54, 1.807) is 6.92 Å². The number of carboxylic acids is 1. The second-order valence-electron chi connectivity index (χ2n) is 4.37. The molecule has 0 radical (unpaired) electrons. The third-order valence-electron chi connectivity index (χ3n) is 2.85. The van der Waals surface area contributed by atoms with Crippen molar-refractivity contribution in [2.24, 2.45) is 0 Å². The Morgan fingerprint density at radius 1 is 1.29 bits per heavy atom. The summed E-state index contributed by atoms with van der Waals surface area (Å²) in [6.07, 6.45) is 3.26. The number of carbonyl (C=O) groups is 1. The van der Waals surface area contributed by atoms with Crippen LogP contribution in [-0.4, -0.2) is 15.6 Å². The molecule has 1 aromatic heterocycles. The molecule has 1 N–H and O–H groups in total. The monoisotopic (exact) mass is 291 g/mol. The first-order valence-corrected chi connectivity index (χ1v) is 5.98. The maximum absolute atomic E-state index is 13.8. The van der Waals surface area contributed by atoms with Crippen molar-refractivity contribution in [1.82, 2.24) is 4.57 Å². The highest BCUT2D eigenvalue weighted by molar-refractivity contribution is 5.85. The van der Waals surface area contributed by atoms with Crippen LogP contribution in [0.15, 0.2) is 41.3 Å². The van der Waals surface area contributed by atoms with Crippen molar-refractivity contribution in [3.05, 3.63) is 69.7 Å². The van der Waals surface area contributed by atoms with E-state index in [0.717, 1.165) is 24.3 Å². The second-order valence-corrected chi connectivity index (χ2v) is 4.37. The number of hydrogen-bond donors (Lipinski definition) is 1. The van der Waals surface area contributed by atoms with Gasteiger partial charge in [-0.1, -0.05) is 0 Å². The molecule has 1 aromatic carbocycles. The van der Waals surface area contributed by atoms with Crippen molar-refractivity contribution in [2.75, 3.05) is 0 Å². The van der Waals surface area contributed by atoms with Gasteiger partial charge < -0.3 is 9.67 Å². The number of hydrogen-bond acceptors (Lipinski definition) is 2. The van der Waals surface area contributed by atoms with E-state index in [-0.39, 0.29) is 16.7 Å². The lowest BCUT2D eigenvalue weighted by atomic mass is 10.2. The molecule has 0 atom stereocenters. The minimum absolute atomic E-state index is 0.0684. The van der Waals surface area contributed by atoms with Gasteiger partial charge in [0.15, 0.2) is 5.43 Å². The third kappa shape index (κ3) is 3.22. The molecule has 2 aromatic rings. The predicted octanol–water partition coefficient (Wildman–Crippen LogP) is 2.52. The number of pyridine rings is 1. The van der Waals surface area contributed by atoms with Crippen LogP contribution < -0.4 is 5.43 Å². The quantitative estimate of drug-likeness (QED) is 0.884. The van der Waals surface area contributed by atoms with Gasteiger partial charge in [0.05, 0.1) is 5.69 Å². The molecular weight excluding hydrogens is 280 g/mol. The zero-order chi connectivity index (χ0) is 15.6. The van der Waals surface area contributed by atoms with Gasteiger partial charge in [0.1, 0.15) is 11.6 Å². The van der Waals surface area contributed by atoms with Crippen LogP contribution >= 0.6 is 0 Å². The summed E-state index contributed by atoms with van der Waals surface area (Å²) in [7, 11) is 0. The molecule has 0 bridgehead atoms. The Bertz CT molecular complexity index is 794. The smallest absolute Gasteiger partial charge is 0.328 e. The molecule has 0 saturated carbocycles. The molecular formula is C15H11F2NO3. The van der Waals surface area contributed by atoms with Gasteiger partial charge in [0.2, 0.25) is 0 Å². The van der Waals surface area contributed by atoms with Gasteiger partial charge in [0.25, 0.3) is 0 Å². The Hall–Kier alpha value is -2.76. The van der Waals surface area contributed by atoms with Crippen LogP contribution in [0.4, 0.5) is 8.78 Å². The fourth-order valence-corrected chi connectivity index (χ4v) is 1.87. The van der Waals surface area contributed by atoms with Crippen molar-refractivity contribution in [1.29, 1.82) is 0 Å². The van der Waals surface area contributed by atoms with Crippen LogP contribution in [0.5, 0.6) is 0 Å². The second kappa shape index (κ2) is 5.70. The van der Waals surface area contributed by atoms with Crippen molar-refractivity contribution < 1.29 is 18.7 Å². The Labute approximate surface area is 118 Å². The molecule has 1 heterocycles. The molecule has 0 amide bonds. The topological polar surface area (TPSA) is 59.3 Å². The summed E-state index contributed by atoms with van der Waals surface area (Å²) < 4.78 is 28.1. The molecule has 21 heavy (non-hydrogen) atoms. The zero-order valence-corrected chi connectivity index (χ0v) is 11.0. The molecule has 108 valence electrons. The van der Waals surface area contributed by atoms with Crippen LogP contribution in [0.2, 0.25) is 0 Å². The van der Waals surface area contributed by atoms with E-state index in [9.17, 15) is 18.4 Å². The van der Waals surface area contributed by atoms with E-state index in [1.165, 1.54) is 22.9 Å². The van der Waals surface area contributed by atoms with Crippen molar-refractivity contribution in [3.8, 4) is 5.69 Å². The molecule has 0 spiro atoms. The van der Waals surface area contributed by atoms with Crippen LogP contribution in [0.25, 0.3) is 11.8 Å². The van der Waals surface area contributed by atoms with E-state index in [4.69, 9.17) is 5.11 Å². The lowest BCUT2D eigenvalue weighted by Crippen LogP contribution is -2.12. The molecule has 0 aliphatic carbocycles. The largest absolute Gasteiger partial charge is 0.478 e. The minimum atomic E-state index is -1.20. The lowest BCUT2D eigenvalue weighted by molar-refractivity contribution is -0.131. The average Bonchev–Trinajstić information content (AvgIpc) is 2.38. The number of benzene rings is 1. The summed E-state index contributed by atoms with van der Waals surface area (Å²) in [6, 6.07) is 4.33. The number of aliphatic carboxylic acids is 1. The molecule has 0 aliphatic heterocycles. The summed E-state index contributed by atoms with van der Waals surface area (Å²) in [5, 5.41) is 8.58. The standard InChI is InChI=1S/C15H11F2NO3/c1-9-6-14(19)10(2-5-15(20)21)8-18(9)13-4-3-11(16)7-12(13)17/h2-8H,1H3,(H,20,21)/b5-2+. The van der Waals surface area contributed by atoms with Gasteiger partial charge in [-0.15, -0.1) is 0 Å². The summed E-state index contributed by atoms with van der Waals surface area (Å²) in [5.41, 5.74) is 0.215. The normalized spacial score (nSPS) is 11.0. The van der Waals surface area contributed by atoms with Crippen LogP contribution in [-0.2, 0) is 4.79 Å². The highest BCUT2D eigenvalue weighted by atomic mass is 19.1. The Balaban J connectivity index is 2.61. The van der Waals surface area contributed by atoms with Crippen molar-refractivity contribution in [3.63, 3.8) is 0 Å². The van der Waals surface area contributed by atoms with E-state index in [1.807, 2.05) is 0 Å². The Kier molecular flexibility index (Phi) is 3.98. The van der Waals surface area contributed by atoms with Crippen molar-refractivity contribution >= 4 is 12.0 Å². The maximum atomic E-state index is 13.8. The SMILES string of the molecule is Cc1cc(=O)c(/C=C/C(=O)O)cn1-c1ccc(F)cc1F. The van der Waals surface area contributed by atoms with E-state index >= 15 is 0 Å². The van der Waals surface area contributed by atoms with Gasteiger partial charge in [-0.25, -0.2) is 13.6 Å². The van der Waals surface area contributed by atoms with Crippen LogP contribution in [0.1, 0.15) is 11.3 Å². The van der Waals surface area contributed by atoms with Gasteiger partial charge in [-0.05, 0) is 25.1 Å². The number of carboxylic acid groups (broad SMARTS) is 1. The lowest BCUT2D eigenvalue weighted by Gasteiger charge is -2.12. The number of nitrogens with zero attached hydrogens (tertiary/aromatic N) is 1. The molecule has 0 fully saturated rings. The number of aryl methyl sites for hydroxylation is 1. The first-order valence-electron chi connectivity index (χ1n) is 5.98. The summed E-state index contributed by atoms with van der Waals surface area (Å²) in [4.78, 5) is 22.3. The fourth-order valence-electron chi connectivity index (χ4n) is 1.87. The fraction of sp³-hybridized carbons (Fsp3) is 0.0667. The molecule has 2 rings (SSSR count). The average molecular weight is 291 g/mol. The molecule has 6 heteroatoms. The number of rotatable bonds is 3. The molecule has 0 unspecified atom stereocenters. The molecule has 0 saturated heterocycles.